The highest BCUT2D eigenvalue weighted by Gasteiger charge is 2.14. The molecule has 2 aromatic carbocycles. The van der Waals surface area contributed by atoms with Crippen LogP contribution in [0.4, 0.5) is 0 Å². The highest BCUT2D eigenvalue weighted by Crippen LogP contribution is 2.29. The van der Waals surface area contributed by atoms with Crippen molar-refractivity contribution in [3.8, 4) is 34.1 Å². The molecular formula is C20H18N4O2. The molecule has 0 amide bonds. The number of aryl methyl sites for hydroxylation is 1. The van der Waals surface area contributed by atoms with Crippen molar-refractivity contribution in [2.24, 2.45) is 0 Å². The Morgan fingerprint density at radius 1 is 0.846 bits per heavy atom. The van der Waals surface area contributed by atoms with Gasteiger partial charge in [-0.3, -0.25) is 0 Å². The third-order valence-electron chi connectivity index (χ3n) is 4.30. The average Bonchev–Trinajstić information content (AvgIpc) is 3.10. The predicted molar refractivity (Wildman–Crippen MR) is 99.5 cm³/mol. The SMILES string of the molecule is COc1ccc(-c2ccc3nnc(-c4ccccc4OC)n3n2)cc1C. The molecule has 2 aromatic heterocycles. The molecule has 0 N–H and O–H groups in total. The summed E-state index contributed by atoms with van der Waals surface area (Å²) in [7, 11) is 3.31. The standard InChI is InChI=1S/C20H18N4O2/c1-13-12-14(8-10-17(13)25-2)16-9-11-19-21-22-20(24(19)23-16)15-6-4-5-7-18(15)26-3/h4-12H,1-3H3. The van der Waals surface area contributed by atoms with E-state index in [1.807, 2.05) is 55.5 Å². The molecule has 26 heavy (non-hydrogen) atoms. The Labute approximate surface area is 151 Å². The van der Waals surface area contributed by atoms with Gasteiger partial charge in [0.1, 0.15) is 11.5 Å². The lowest BCUT2D eigenvalue weighted by molar-refractivity contribution is 0.412. The number of fused-ring (bicyclic) bond motifs is 1. The minimum absolute atomic E-state index is 0.643. The average molecular weight is 346 g/mol. The molecule has 0 spiro atoms. The molecule has 6 heteroatoms. The van der Waals surface area contributed by atoms with E-state index in [0.29, 0.717) is 11.5 Å². The lowest BCUT2D eigenvalue weighted by Gasteiger charge is -2.08. The van der Waals surface area contributed by atoms with E-state index in [9.17, 15) is 0 Å². The molecule has 0 atom stereocenters. The van der Waals surface area contributed by atoms with Gasteiger partial charge < -0.3 is 9.47 Å². The van der Waals surface area contributed by atoms with Gasteiger partial charge in [0.15, 0.2) is 11.5 Å². The highest BCUT2D eigenvalue weighted by atomic mass is 16.5. The van der Waals surface area contributed by atoms with Gasteiger partial charge in [-0.1, -0.05) is 12.1 Å². The van der Waals surface area contributed by atoms with Crippen molar-refractivity contribution in [2.45, 2.75) is 6.92 Å². The number of nitrogens with zero attached hydrogens (tertiary/aromatic N) is 4. The first-order valence-corrected chi connectivity index (χ1v) is 8.22. The number of methoxy groups -OCH3 is 2. The number of ether oxygens (including phenoxy) is 2. The van der Waals surface area contributed by atoms with Gasteiger partial charge in [0.05, 0.1) is 25.5 Å². The lowest BCUT2D eigenvalue weighted by atomic mass is 10.1. The summed E-state index contributed by atoms with van der Waals surface area (Å²) in [5.74, 6) is 2.23. The molecule has 0 radical (unpaired) electrons. The zero-order chi connectivity index (χ0) is 18.1. The monoisotopic (exact) mass is 346 g/mol. The van der Waals surface area contributed by atoms with Crippen molar-refractivity contribution in [3.63, 3.8) is 0 Å². The highest BCUT2D eigenvalue weighted by molar-refractivity contribution is 5.68. The maximum atomic E-state index is 5.45. The first kappa shape index (κ1) is 16.1. The summed E-state index contributed by atoms with van der Waals surface area (Å²) in [6.07, 6.45) is 0. The van der Waals surface area contributed by atoms with Crippen LogP contribution in [-0.4, -0.2) is 34.0 Å². The van der Waals surface area contributed by atoms with E-state index >= 15 is 0 Å². The molecule has 0 aliphatic rings. The summed E-state index contributed by atoms with van der Waals surface area (Å²) in [6.45, 7) is 2.01. The van der Waals surface area contributed by atoms with Crippen LogP contribution in [0.5, 0.6) is 11.5 Å². The zero-order valence-corrected chi connectivity index (χ0v) is 14.8. The van der Waals surface area contributed by atoms with Gasteiger partial charge >= 0.3 is 0 Å². The van der Waals surface area contributed by atoms with Crippen LogP contribution < -0.4 is 9.47 Å². The number of rotatable bonds is 4. The van der Waals surface area contributed by atoms with Crippen molar-refractivity contribution in [1.82, 2.24) is 19.8 Å². The van der Waals surface area contributed by atoms with E-state index in [1.165, 1.54) is 0 Å². The fourth-order valence-corrected chi connectivity index (χ4v) is 2.98. The largest absolute Gasteiger partial charge is 0.496 e. The molecule has 0 aliphatic heterocycles. The van der Waals surface area contributed by atoms with Crippen LogP contribution in [0.1, 0.15) is 5.56 Å². The summed E-state index contributed by atoms with van der Waals surface area (Å²) >= 11 is 0. The van der Waals surface area contributed by atoms with Crippen molar-refractivity contribution in [1.29, 1.82) is 0 Å². The van der Waals surface area contributed by atoms with Crippen LogP contribution in [0.3, 0.4) is 0 Å². The van der Waals surface area contributed by atoms with Crippen LogP contribution in [0.2, 0.25) is 0 Å². The van der Waals surface area contributed by atoms with Crippen molar-refractivity contribution in [3.05, 3.63) is 60.2 Å². The summed E-state index contributed by atoms with van der Waals surface area (Å²) in [5, 5.41) is 13.3. The second-order valence-corrected chi connectivity index (χ2v) is 5.90. The third kappa shape index (κ3) is 2.65. The van der Waals surface area contributed by atoms with E-state index < -0.39 is 0 Å². The van der Waals surface area contributed by atoms with E-state index in [-0.39, 0.29) is 0 Å². The Morgan fingerprint density at radius 2 is 1.65 bits per heavy atom. The van der Waals surface area contributed by atoms with Gasteiger partial charge in [0, 0.05) is 5.56 Å². The molecule has 0 saturated carbocycles. The van der Waals surface area contributed by atoms with E-state index in [2.05, 4.69) is 16.3 Å². The fraction of sp³-hybridized carbons (Fsp3) is 0.150. The van der Waals surface area contributed by atoms with Crippen LogP contribution in [0, 0.1) is 6.92 Å². The van der Waals surface area contributed by atoms with Crippen LogP contribution in [0.25, 0.3) is 28.3 Å². The quantitative estimate of drug-likeness (QED) is 0.563. The topological polar surface area (TPSA) is 61.5 Å². The van der Waals surface area contributed by atoms with Crippen molar-refractivity contribution < 1.29 is 9.47 Å². The molecule has 2 heterocycles. The maximum Gasteiger partial charge on any atom is 0.189 e. The van der Waals surface area contributed by atoms with Gasteiger partial charge in [-0.2, -0.15) is 9.61 Å². The van der Waals surface area contributed by atoms with E-state index in [1.54, 1.807) is 18.7 Å². The first-order chi connectivity index (χ1) is 12.7. The minimum Gasteiger partial charge on any atom is -0.496 e. The fourth-order valence-electron chi connectivity index (χ4n) is 2.98. The van der Waals surface area contributed by atoms with Crippen molar-refractivity contribution >= 4 is 5.65 Å². The Balaban J connectivity index is 1.86. The molecular weight excluding hydrogens is 328 g/mol. The number of para-hydroxylation sites is 1. The van der Waals surface area contributed by atoms with Gasteiger partial charge in [0.25, 0.3) is 0 Å². The van der Waals surface area contributed by atoms with Crippen LogP contribution >= 0.6 is 0 Å². The van der Waals surface area contributed by atoms with Gasteiger partial charge in [0.2, 0.25) is 0 Å². The molecule has 4 rings (SSSR count). The van der Waals surface area contributed by atoms with Crippen LogP contribution in [0.15, 0.2) is 54.6 Å². The Hall–Kier alpha value is -3.41. The number of aromatic nitrogens is 4. The maximum absolute atomic E-state index is 5.45. The zero-order valence-electron chi connectivity index (χ0n) is 14.8. The third-order valence-corrected chi connectivity index (χ3v) is 4.30. The number of hydrogen-bond donors (Lipinski definition) is 0. The van der Waals surface area contributed by atoms with Gasteiger partial charge in [-0.25, -0.2) is 0 Å². The molecule has 0 bridgehead atoms. The minimum atomic E-state index is 0.643. The lowest BCUT2D eigenvalue weighted by Crippen LogP contribution is -1.99. The molecule has 6 nitrogen and oxygen atoms in total. The van der Waals surface area contributed by atoms with E-state index in [4.69, 9.17) is 14.6 Å². The Morgan fingerprint density at radius 3 is 2.42 bits per heavy atom. The van der Waals surface area contributed by atoms with E-state index in [0.717, 1.165) is 33.9 Å². The number of hydrogen-bond acceptors (Lipinski definition) is 5. The molecule has 0 saturated heterocycles. The van der Waals surface area contributed by atoms with Crippen LogP contribution in [-0.2, 0) is 0 Å². The molecule has 0 fully saturated rings. The van der Waals surface area contributed by atoms with Gasteiger partial charge in [-0.15, -0.1) is 10.2 Å². The second kappa shape index (κ2) is 6.48. The van der Waals surface area contributed by atoms with Gasteiger partial charge in [-0.05, 0) is 55.0 Å². The number of benzene rings is 2. The predicted octanol–water partition coefficient (Wildman–Crippen LogP) is 3.78. The summed E-state index contributed by atoms with van der Waals surface area (Å²) < 4.78 is 12.5. The first-order valence-electron chi connectivity index (χ1n) is 8.22. The smallest absolute Gasteiger partial charge is 0.189 e. The molecule has 0 unspecified atom stereocenters. The summed E-state index contributed by atoms with van der Waals surface area (Å²) in [5.41, 5.74) is 4.42. The molecule has 130 valence electrons. The second-order valence-electron chi connectivity index (χ2n) is 5.90. The summed E-state index contributed by atoms with van der Waals surface area (Å²) in [4.78, 5) is 0. The van der Waals surface area contributed by atoms with Crippen molar-refractivity contribution in [2.75, 3.05) is 14.2 Å². The molecule has 4 aromatic rings. The summed E-state index contributed by atoms with van der Waals surface area (Å²) in [6, 6.07) is 17.6. The Kier molecular flexibility index (Phi) is 4.01. The Bertz CT molecular complexity index is 1090. The molecule has 0 aliphatic carbocycles. The normalized spacial score (nSPS) is 10.9.